The van der Waals surface area contributed by atoms with E-state index in [0.717, 1.165) is 29.0 Å². The van der Waals surface area contributed by atoms with E-state index in [4.69, 9.17) is 16.3 Å². The SMILES string of the molecule is CCOc1ccc(-c2cc(C(=O)NCCc3ccc(Cl)cc3)[nH]n2)cc1. The van der Waals surface area contributed by atoms with Crippen molar-refractivity contribution in [1.82, 2.24) is 15.5 Å². The van der Waals surface area contributed by atoms with Crippen LogP contribution in [0.15, 0.2) is 54.6 Å². The molecule has 134 valence electrons. The Hall–Kier alpha value is -2.79. The van der Waals surface area contributed by atoms with Crippen molar-refractivity contribution in [2.45, 2.75) is 13.3 Å². The molecule has 0 bridgehead atoms. The summed E-state index contributed by atoms with van der Waals surface area (Å²) in [5, 5.41) is 10.6. The van der Waals surface area contributed by atoms with Gasteiger partial charge in [0.2, 0.25) is 0 Å². The largest absolute Gasteiger partial charge is 0.494 e. The number of benzene rings is 2. The van der Waals surface area contributed by atoms with Crippen molar-refractivity contribution in [3.8, 4) is 17.0 Å². The molecule has 2 aromatic carbocycles. The topological polar surface area (TPSA) is 67.0 Å². The first-order valence-corrected chi connectivity index (χ1v) is 8.85. The number of ether oxygens (including phenoxy) is 1. The Kier molecular flexibility index (Phi) is 5.92. The van der Waals surface area contributed by atoms with Gasteiger partial charge in [-0.25, -0.2) is 0 Å². The van der Waals surface area contributed by atoms with Gasteiger partial charge in [-0.15, -0.1) is 0 Å². The van der Waals surface area contributed by atoms with E-state index in [0.29, 0.717) is 23.9 Å². The van der Waals surface area contributed by atoms with Crippen LogP contribution in [0.4, 0.5) is 0 Å². The first-order valence-electron chi connectivity index (χ1n) is 8.47. The van der Waals surface area contributed by atoms with Crippen molar-refractivity contribution in [3.05, 3.63) is 70.9 Å². The predicted molar refractivity (Wildman–Crippen MR) is 103 cm³/mol. The molecule has 0 aliphatic heterocycles. The molecule has 0 saturated carbocycles. The molecule has 26 heavy (non-hydrogen) atoms. The summed E-state index contributed by atoms with van der Waals surface area (Å²) >= 11 is 5.87. The van der Waals surface area contributed by atoms with Gasteiger partial charge in [-0.1, -0.05) is 23.7 Å². The van der Waals surface area contributed by atoms with Crippen LogP contribution in [-0.4, -0.2) is 29.3 Å². The number of H-pyrrole nitrogens is 1. The smallest absolute Gasteiger partial charge is 0.269 e. The zero-order chi connectivity index (χ0) is 18.4. The lowest BCUT2D eigenvalue weighted by molar-refractivity contribution is 0.0949. The zero-order valence-corrected chi connectivity index (χ0v) is 15.2. The highest BCUT2D eigenvalue weighted by molar-refractivity contribution is 6.30. The van der Waals surface area contributed by atoms with Gasteiger partial charge in [0.15, 0.2) is 0 Å². The molecule has 0 unspecified atom stereocenters. The van der Waals surface area contributed by atoms with E-state index in [1.54, 1.807) is 6.07 Å². The molecule has 0 fully saturated rings. The lowest BCUT2D eigenvalue weighted by atomic mass is 10.1. The van der Waals surface area contributed by atoms with Crippen LogP contribution in [0.25, 0.3) is 11.3 Å². The summed E-state index contributed by atoms with van der Waals surface area (Å²) in [5.41, 5.74) is 3.19. The number of hydrogen-bond donors (Lipinski definition) is 2. The minimum atomic E-state index is -0.177. The quantitative estimate of drug-likeness (QED) is 0.658. The van der Waals surface area contributed by atoms with Crippen LogP contribution >= 0.6 is 11.6 Å². The van der Waals surface area contributed by atoms with E-state index in [9.17, 15) is 4.79 Å². The maximum Gasteiger partial charge on any atom is 0.269 e. The van der Waals surface area contributed by atoms with Crippen LogP contribution in [0.1, 0.15) is 23.0 Å². The van der Waals surface area contributed by atoms with Gasteiger partial charge in [0, 0.05) is 17.1 Å². The van der Waals surface area contributed by atoms with E-state index >= 15 is 0 Å². The van der Waals surface area contributed by atoms with Gasteiger partial charge in [0.1, 0.15) is 11.4 Å². The van der Waals surface area contributed by atoms with Crippen LogP contribution < -0.4 is 10.1 Å². The summed E-state index contributed by atoms with van der Waals surface area (Å²) in [4.78, 5) is 12.2. The molecule has 2 N–H and O–H groups in total. The molecular weight excluding hydrogens is 350 g/mol. The summed E-state index contributed by atoms with van der Waals surface area (Å²) in [6, 6.07) is 17.0. The molecule has 0 radical (unpaired) electrons. The maximum atomic E-state index is 12.2. The highest BCUT2D eigenvalue weighted by atomic mass is 35.5. The van der Waals surface area contributed by atoms with Crippen LogP contribution in [0, 0.1) is 0 Å². The number of carbonyl (C=O) groups excluding carboxylic acids is 1. The summed E-state index contributed by atoms with van der Waals surface area (Å²) in [6.45, 7) is 3.11. The van der Waals surface area contributed by atoms with Crippen LogP contribution in [0.3, 0.4) is 0 Å². The third-order valence-electron chi connectivity index (χ3n) is 3.90. The Balaban J connectivity index is 1.56. The van der Waals surface area contributed by atoms with Crippen molar-refractivity contribution in [3.63, 3.8) is 0 Å². The molecule has 3 aromatic rings. The summed E-state index contributed by atoms with van der Waals surface area (Å²) < 4.78 is 5.43. The fraction of sp³-hybridized carbons (Fsp3) is 0.200. The molecule has 5 nitrogen and oxygen atoms in total. The van der Waals surface area contributed by atoms with E-state index < -0.39 is 0 Å². The Bertz CT molecular complexity index is 858. The number of halogens is 1. The second kappa shape index (κ2) is 8.54. The molecule has 0 aliphatic rings. The summed E-state index contributed by atoms with van der Waals surface area (Å²) in [6.07, 6.45) is 0.739. The highest BCUT2D eigenvalue weighted by Gasteiger charge is 2.10. The third-order valence-corrected chi connectivity index (χ3v) is 4.15. The molecule has 0 saturated heterocycles. The van der Waals surface area contributed by atoms with E-state index in [-0.39, 0.29) is 5.91 Å². The number of hydrogen-bond acceptors (Lipinski definition) is 3. The summed E-state index contributed by atoms with van der Waals surface area (Å²) in [7, 11) is 0. The molecule has 6 heteroatoms. The van der Waals surface area contributed by atoms with Crippen molar-refractivity contribution in [2.24, 2.45) is 0 Å². The number of nitrogens with zero attached hydrogens (tertiary/aromatic N) is 1. The molecule has 0 spiro atoms. The molecule has 0 aliphatic carbocycles. The zero-order valence-electron chi connectivity index (χ0n) is 14.5. The first-order chi connectivity index (χ1) is 12.7. The van der Waals surface area contributed by atoms with Crippen LogP contribution in [0.5, 0.6) is 5.75 Å². The van der Waals surface area contributed by atoms with Crippen molar-refractivity contribution in [1.29, 1.82) is 0 Å². The minimum Gasteiger partial charge on any atom is -0.494 e. The van der Waals surface area contributed by atoms with Gasteiger partial charge in [-0.05, 0) is 61.4 Å². The Labute approximate surface area is 157 Å². The fourth-order valence-corrected chi connectivity index (χ4v) is 2.67. The standard InChI is InChI=1S/C20H20ClN3O2/c1-2-26-17-9-5-15(6-10-17)18-13-19(24-23-18)20(25)22-12-11-14-3-7-16(21)8-4-14/h3-10,13H,2,11-12H2,1H3,(H,22,25)(H,23,24). The summed E-state index contributed by atoms with van der Waals surface area (Å²) in [5.74, 6) is 0.635. The number of carbonyl (C=O) groups is 1. The Morgan fingerprint density at radius 2 is 1.88 bits per heavy atom. The highest BCUT2D eigenvalue weighted by Crippen LogP contribution is 2.21. The number of aromatic nitrogens is 2. The lowest BCUT2D eigenvalue weighted by Crippen LogP contribution is -2.26. The van der Waals surface area contributed by atoms with Crippen LogP contribution in [0.2, 0.25) is 5.02 Å². The van der Waals surface area contributed by atoms with Gasteiger partial charge in [0.25, 0.3) is 5.91 Å². The molecule has 1 aromatic heterocycles. The minimum absolute atomic E-state index is 0.177. The molecular formula is C20H20ClN3O2. The van der Waals surface area contributed by atoms with E-state index in [2.05, 4.69) is 15.5 Å². The fourth-order valence-electron chi connectivity index (χ4n) is 2.54. The number of rotatable bonds is 7. The normalized spacial score (nSPS) is 10.5. The van der Waals surface area contributed by atoms with Crippen molar-refractivity contribution in [2.75, 3.05) is 13.2 Å². The average molecular weight is 370 g/mol. The number of aromatic amines is 1. The van der Waals surface area contributed by atoms with Gasteiger partial charge in [-0.3, -0.25) is 9.89 Å². The molecule has 1 heterocycles. The number of nitrogens with one attached hydrogen (secondary N) is 2. The van der Waals surface area contributed by atoms with Crippen LogP contribution in [-0.2, 0) is 6.42 Å². The van der Waals surface area contributed by atoms with Crippen molar-refractivity contribution < 1.29 is 9.53 Å². The predicted octanol–water partition coefficient (Wildman–Crippen LogP) is 4.10. The Morgan fingerprint density at radius 1 is 1.15 bits per heavy atom. The second-order valence-corrected chi connectivity index (χ2v) is 6.19. The van der Waals surface area contributed by atoms with Gasteiger partial charge in [-0.2, -0.15) is 5.10 Å². The first kappa shape index (κ1) is 18.0. The van der Waals surface area contributed by atoms with Crippen molar-refractivity contribution >= 4 is 17.5 Å². The van der Waals surface area contributed by atoms with E-state index in [1.165, 1.54) is 0 Å². The molecule has 1 amide bonds. The number of amides is 1. The second-order valence-electron chi connectivity index (χ2n) is 5.76. The lowest BCUT2D eigenvalue weighted by Gasteiger charge is -2.04. The Morgan fingerprint density at radius 3 is 2.58 bits per heavy atom. The maximum absolute atomic E-state index is 12.2. The molecule has 0 atom stereocenters. The molecule has 3 rings (SSSR count). The van der Waals surface area contributed by atoms with Gasteiger partial charge in [0.05, 0.1) is 12.3 Å². The van der Waals surface area contributed by atoms with Gasteiger partial charge < -0.3 is 10.1 Å². The average Bonchev–Trinajstić information content (AvgIpc) is 3.14. The third kappa shape index (κ3) is 4.64. The van der Waals surface area contributed by atoms with Gasteiger partial charge >= 0.3 is 0 Å². The monoisotopic (exact) mass is 369 g/mol. The van der Waals surface area contributed by atoms with E-state index in [1.807, 2.05) is 55.5 Å².